The highest BCUT2D eigenvalue weighted by atomic mass is 16.7. The number of rotatable bonds is 7. The Morgan fingerprint density at radius 1 is 1.38 bits per heavy atom. The Morgan fingerprint density at radius 2 is 2.06 bits per heavy atom. The minimum Gasteiger partial charge on any atom is -0.354 e. The molecule has 0 fully saturated rings. The number of aromatic nitrogens is 2. The van der Waals surface area contributed by atoms with E-state index in [1.54, 1.807) is 21.1 Å². The van der Waals surface area contributed by atoms with Crippen LogP contribution in [0.3, 0.4) is 0 Å². The molecule has 1 aromatic rings. The van der Waals surface area contributed by atoms with Crippen molar-refractivity contribution in [2.45, 2.75) is 32.6 Å². The van der Waals surface area contributed by atoms with E-state index in [4.69, 9.17) is 14.0 Å². The summed E-state index contributed by atoms with van der Waals surface area (Å²) >= 11 is 0. The molecule has 1 unspecified atom stereocenters. The molecule has 6 nitrogen and oxygen atoms in total. The molecule has 0 aliphatic rings. The number of aryl methyl sites for hydroxylation is 1. The van der Waals surface area contributed by atoms with Crippen LogP contribution in [0.15, 0.2) is 4.52 Å². The average molecular weight is 229 g/mol. The second-order valence-corrected chi connectivity index (χ2v) is 3.56. The molecule has 0 radical (unpaired) electrons. The summed E-state index contributed by atoms with van der Waals surface area (Å²) < 4.78 is 15.1. The lowest BCUT2D eigenvalue weighted by molar-refractivity contribution is -0.119. The van der Waals surface area contributed by atoms with Gasteiger partial charge in [-0.3, -0.25) is 0 Å². The Morgan fingerprint density at radius 3 is 2.56 bits per heavy atom. The van der Waals surface area contributed by atoms with Gasteiger partial charge in [0.05, 0.1) is 6.04 Å². The lowest BCUT2D eigenvalue weighted by atomic mass is 10.3. The summed E-state index contributed by atoms with van der Waals surface area (Å²) in [6, 6.07) is 0.114. The van der Waals surface area contributed by atoms with Crippen molar-refractivity contribution in [2.75, 3.05) is 20.8 Å². The molecule has 0 amide bonds. The van der Waals surface area contributed by atoms with Crippen molar-refractivity contribution in [3.8, 4) is 0 Å². The maximum Gasteiger partial charge on any atom is 0.223 e. The Bertz CT molecular complexity index is 299. The molecule has 0 bridgehead atoms. The van der Waals surface area contributed by atoms with Gasteiger partial charge < -0.3 is 19.3 Å². The lowest BCUT2D eigenvalue weighted by Crippen LogP contribution is -2.40. The van der Waals surface area contributed by atoms with Crippen molar-refractivity contribution in [2.24, 2.45) is 0 Å². The fourth-order valence-electron chi connectivity index (χ4n) is 1.46. The van der Waals surface area contributed by atoms with Crippen molar-refractivity contribution in [3.63, 3.8) is 0 Å². The molecule has 1 aromatic heterocycles. The minimum atomic E-state index is -0.244. The Kier molecular flexibility index (Phi) is 5.37. The molecule has 1 rings (SSSR count). The first-order valence-electron chi connectivity index (χ1n) is 5.25. The van der Waals surface area contributed by atoms with Crippen LogP contribution in [0.1, 0.15) is 18.6 Å². The molecular formula is C10H19N3O3. The summed E-state index contributed by atoms with van der Waals surface area (Å²) in [4.78, 5) is 4.11. The second-order valence-electron chi connectivity index (χ2n) is 3.56. The zero-order valence-electron chi connectivity index (χ0n) is 10.2. The van der Waals surface area contributed by atoms with Crippen LogP contribution in [0.2, 0.25) is 0 Å². The summed E-state index contributed by atoms with van der Waals surface area (Å²) in [7, 11) is 3.24. The number of nitrogens with zero attached hydrogens (tertiary/aromatic N) is 2. The van der Waals surface area contributed by atoms with Crippen LogP contribution >= 0.6 is 0 Å². The summed E-state index contributed by atoms with van der Waals surface area (Å²) in [5.41, 5.74) is 0. The molecule has 0 aliphatic carbocycles. The molecule has 0 spiro atoms. The Hall–Kier alpha value is -0.980. The molecule has 0 aromatic carbocycles. The zero-order valence-corrected chi connectivity index (χ0v) is 10.2. The maximum atomic E-state index is 5.13. The molecule has 92 valence electrons. The average Bonchev–Trinajstić information content (AvgIpc) is 2.66. The summed E-state index contributed by atoms with van der Waals surface area (Å²) in [5.74, 6) is 1.30. The van der Waals surface area contributed by atoms with Gasteiger partial charge in [0.1, 0.15) is 0 Å². The van der Waals surface area contributed by atoms with E-state index in [1.165, 1.54) is 0 Å². The summed E-state index contributed by atoms with van der Waals surface area (Å²) in [6.07, 6.45) is 0.481. The van der Waals surface area contributed by atoms with Gasteiger partial charge in [0, 0.05) is 34.1 Å². The van der Waals surface area contributed by atoms with Gasteiger partial charge in [-0.1, -0.05) is 5.16 Å². The first kappa shape index (κ1) is 13.1. The number of nitrogens with one attached hydrogen (secondary N) is 1. The SMILES string of the molecule is COC(OC)C(C)NCCc1noc(C)n1. The van der Waals surface area contributed by atoms with Gasteiger partial charge in [0.15, 0.2) is 12.1 Å². The summed E-state index contributed by atoms with van der Waals surface area (Å²) in [5, 5.41) is 7.08. The highest BCUT2D eigenvalue weighted by Crippen LogP contribution is 1.99. The lowest BCUT2D eigenvalue weighted by Gasteiger charge is -2.21. The van der Waals surface area contributed by atoms with Crippen LogP contribution in [0.5, 0.6) is 0 Å². The molecule has 1 atom stereocenters. The van der Waals surface area contributed by atoms with Crippen LogP contribution in [0, 0.1) is 6.92 Å². The third-order valence-corrected chi connectivity index (χ3v) is 2.26. The van der Waals surface area contributed by atoms with Crippen LogP contribution in [-0.4, -0.2) is 43.2 Å². The molecular weight excluding hydrogens is 210 g/mol. The minimum absolute atomic E-state index is 0.114. The highest BCUT2D eigenvalue weighted by molar-refractivity contribution is 4.84. The third kappa shape index (κ3) is 3.88. The van der Waals surface area contributed by atoms with Crippen molar-refractivity contribution in [3.05, 3.63) is 11.7 Å². The zero-order chi connectivity index (χ0) is 12.0. The topological polar surface area (TPSA) is 69.4 Å². The number of ether oxygens (including phenoxy) is 2. The van der Waals surface area contributed by atoms with Crippen molar-refractivity contribution < 1.29 is 14.0 Å². The van der Waals surface area contributed by atoms with Crippen molar-refractivity contribution >= 4 is 0 Å². The van der Waals surface area contributed by atoms with Crippen LogP contribution in [-0.2, 0) is 15.9 Å². The van der Waals surface area contributed by atoms with Gasteiger partial charge in [-0.15, -0.1) is 0 Å². The van der Waals surface area contributed by atoms with E-state index < -0.39 is 0 Å². The molecule has 16 heavy (non-hydrogen) atoms. The van der Waals surface area contributed by atoms with Crippen molar-refractivity contribution in [1.82, 2.24) is 15.5 Å². The molecule has 1 heterocycles. The molecule has 0 saturated carbocycles. The van der Waals surface area contributed by atoms with E-state index >= 15 is 0 Å². The molecule has 6 heteroatoms. The quantitative estimate of drug-likeness (QED) is 0.687. The van der Waals surface area contributed by atoms with Gasteiger partial charge in [0.25, 0.3) is 0 Å². The highest BCUT2D eigenvalue weighted by Gasteiger charge is 2.14. The number of hydrogen-bond acceptors (Lipinski definition) is 6. The van der Waals surface area contributed by atoms with Gasteiger partial charge >= 0.3 is 0 Å². The van der Waals surface area contributed by atoms with Crippen LogP contribution < -0.4 is 5.32 Å². The van der Waals surface area contributed by atoms with Gasteiger partial charge in [-0.05, 0) is 6.92 Å². The maximum absolute atomic E-state index is 5.13. The van der Waals surface area contributed by atoms with E-state index in [1.807, 2.05) is 6.92 Å². The summed E-state index contributed by atoms with van der Waals surface area (Å²) in [6.45, 7) is 4.53. The fraction of sp³-hybridized carbons (Fsp3) is 0.800. The van der Waals surface area contributed by atoms with E-state index in [-0.39, 0.29) is 12.3 Å². The predicted molar refractivity (Wildman–Crippen MR) is 58.0 cm³/mol. The first-order valence-corrected chi connectivity index (χ1v) is 5.25. The van der Waals surface area contributed by atoms with E-state index in [0.717, 1.165) is 13.0 Å². The second kappa shape index (κ2) is 6.57. The third-order valence-electron chi connectivity index (χ3n) is 2.26. The van der Waals surface area contributed by atoms with E-state index in [0.29, 0.717) is 11.7 Å². The fourth-order valence-corrected chi connectivity index (χ4v) is 1.46. The monoisotopic (exact) mass is 229 g/mol. The van der Waals surface area contributed by atoms with Gasteiger partial charge in [-0.2, -0.15) is 4.98 Å². The molecule has 1 N–H and O–H groups in total. The molecule has 0 aliphatic heterocycles. The smallest absolute Gasteiger partial charge is 0.223 e. The van der Waals surface area contributed by atoms with Crippen molar-refractivity contribution in [1.29, 1.82) is 0 Å². The normalized spacial score (nSPS) is 13.3. The number of methoxy groups -OCH3 is 2. The predicted octanol–water partition coefficient (Wildman–Crippen LogP) is 0.518. The van der Waals surface area contributed by atoms with Crippen LogP contribution in [0.25, 0.3) is 0 Å². The van der Waals surface area contributed by atoms with E-state index in [2.05, 4.69) is 15.5 Å². The number of hydrogen-bond donors (Lipinski definition) is 1. The largest absolute Gasteiger partial charge is 0.354 e. The van der Waals surface area contributed by atoms with Gasteiger partial charge in [0.2, 0.25) is 5.89 Å². The van der Waals surface area contributed by atoms with Crippen LogP contribution in [0.4, 0.5) is 0 Å². The van der Waals surface area contributed by atoms with Gasteiger partial charge in [-0.25, -0.2) is 0 Å². The Labute approximate surface area is 95.3 Å². The Balaban J connectivity index is 2.24. The standard InChI is InChI=1S/C10H19N3O3/c1-7(10(14-3)15-4)11-6-5-9-12-8(2)16-13-9/h7,10-11H,5-6H2,1-4H3. The van der Waals surface area contributed by atoms with E-state index in [9.17, 15) is 0 Å². The molecule has 0 saturated heterocycles. The first-order chi connectivity index (χ1) is 7.67.